The van der Waals surface area contributed by atoms with E-state index in [1.807, 2.05) is 0 Å². The van der Waals surface area contributed by atoms with Crippen LogP contribution in [0.15, 0.2) is 29.3 Å². The molecule has 140 valence electrons. The minimum atomic E-state index is -1.07. The van der Waals surface area contributed by atoms with E-state index in [9.17, 15) is 13.6 Å². The molecule has 1 atom stereocenters. The number of allylic oxidation sites excluding steroid dienone is 1. The van der Waals surface area contributed by atoms with Gasteiger partial charge in [0.2, 0.25) is 0 Å². The number of carbonyl (C=O) groups is 1. The number of hydrogen-bond acceptors (Lipinski definition) is 5. The second kappa shape index (κ2) is 7.94. The van der Waals surface area contributed by atoms with Gasteiger partial charge in [0.1, 0.15) is 28.7 Å². The summed E-state index contributed by atoms with van der Waals surface area (Å²) in [4.78, 5) is 15.2. The average Bonchev–Trinajstić information content (AvgIpc) is 2.63. The second-order valence-electron chi connectivity index (χ2n) is 5.86. The summed E-state index contributed by atoms with van der Waals surface area (Å²) in [6, 6.07) is 3.71. The Morgan fingerprint density at radius 3 is 2.63 bits per heavy atom. The largest absolute Gasteiger partial charge is 0.293 e. The molecule has 0 aliphatic heterocycles. The van der Waals surface area contributed by atoms with Crippen molar-refractivity contribution < 1.29 is 13.6 Å². The topological polar surface area (TPSA) is 94.9 Å². The van der Waals surface area contributed by atoms with E-state index in [1.165, 1.54) is 32.1 Å². The Balaban J connectivity index is 2.63. The van der Waals surface area contributed by atoms with Crippen LogP contribution in [0.2, 0.25) is 0 Å². The first kappa shape index (κ1) is 20.0. The van der Waals surface area contributed by atoms with Crippen molar-refractivity contribution in [2.75, 3.05) is 0 Å². The first-order chi connectivity index (χ1) is 12.7. The number of halogens is 2. The molecule has 0 saturated heterocycles. The van der Waals surface area contributed by atoms with Gasteiger partial charge in [-0.25, -0.2) is 13.5 Å². The molecule has 1 aromatic carbocycles. The van der Waals surface area contributed by atoms with Crippen LogP contribution in [0.4, 0.5) is 14.5 Å². The summed E-state index contributed by atoms with van der Waals surface area (Å²) in [6.45, 7) is 7.73. The Morgan fingerprint density at radius 1 is 1.41 bits per heavy atom. The summed E-state index contributed by atoms with van der Waals surface area (Å²) in [7, 11) is 0. The molecule has 2 aromatic rings. The number of aliphatic imine (C=N–C) groups is 1. The maximum atomic E-state index is 15.0. The third-order valence-corrected chi connectivity index (χ3v) is 4.04. The van der Waals surface area contributed by atoms with E-state index in [2.05, 4.69) is 16.8 Å². The minimum Gasteiger partial charge on any atom is -0.293 e. The molecule has 0 radical (unpaired) electrons. The molecule has 0 amide bonds. The van der Waals surface area contributed by atoms with E-state index in [4.69, 9.17) is 10.8 Å². The summed E-state index contributed by atoms with van der Waals surface area (Å²) in [5, 5.41) is 20.1. The highest BCUT2D eigenvalue weighted by Gasteiger charge is 2.26. The smallest absolute Gasteiger partial charge is 0.179 e. The number of ketones is 1. The van der Waals surface area contributed by atoms with Gasteiger partial charge in [-0.2, -0.15) is 5.10 Å². The van der Waals surface area contributed by atoms with Gasteiger partial charge in [-0.15, -0.1) is 0 Å². The standard InChI is InChI=1S/C19H19F2N5O/c1-5-6-12-15(24-4)9-13(20)17(18(12)21)10(2)19(23)26-16(22)8-7-14(25-26)11(3)27/h5-10,22-23H,4H2,1-3H3/b6-5-,22-16?,23-19?. The van der Waals surface area contributed by atoms with Crippen molar-refractivity contribution in [3.63, 3.8) is 0 Å². The van der Waals surface area contributed by atoms with Gasteiger partial charge in [0.15, 0.2) is 5.78 Å². The number of aromatic nitrogens is 2. The predicted molar refractivity (Wildman–Crippen MR) is 99.9 cm³/mol. The minimum absolute atomic E-state index is 0.0460. The van der Waals surface area contributed by atoms with Crippen molar-refractivity contribution in [1.82, 2.24) is 9.78 Å². The number of benzene rings is 1. The van der Waals surface area contributed by atoms with Gasteiger partial charge in [0.05, 0.1) is 5.69 Å². The maximum absolute atomic E-state index is 15.0. The second-order valence-corrected chi connectivity index (χ2v) is 5.86. The third-order valence-electron chi connectivity index (χ3n) is 4.04. The van der Waals surface area contributed by atoms with Crippen LogP contribution in [-0.2, 0) is 0 Å². The molecular weight excluding hydrogens is 352 g/mol. The Kier molecular flexibility index (Phi) is 5.89. The molecule has 0 saturated carbocycles. The monoisotopic (exact) mass is 371 g/mol. The van der Waals surface area contributed by atoms with Crippen LogP contribution in [0.3, 0.4) is 0 Å². The normalized spacial score (nSPS) is 12.2. The number of Topliss-reactive ketones (excluding diaryl/α,β-unsaturated/α-hetero) is 1. The number of carbonyl (C=O) groups excluding carboxylic acids is 1. The number of rotatable bonds is 5. The molecule has 6 nitrogen and oxygen atoms in total. The molecule has 0 bridgehead atoms. The fourth-order valence-electron chi connectivity index (χ4n) is 2.61. The Bertz CT molecular complexity index is 1020. The van der Waals surface area contributed by atoms with Crippen LogP contribution < -0.4 is 5.49 Å². The molecule has 8 heteroatoms. The highest BCUT2D eigenvalue weighted by molar-refractivity contribution is 5.93. The molecule has 1 unspecified atom stereocenters. The molecule has 0 spiro atoms. The van der Waals surface area contributed by atoms with E-state index in [0.29, 0.717) is 0 Å². The van der Waals surface area contributed by atoms with Crippen molar-refractivity contribution in [3.05, 3.63) is 58.2 Å². The van der Waals surface area contributed by atoms with Crippen LogP contribution in [0.25, 0.3) is 6.08 Å². The van der Waals surface area contributed by atoms with E-state index < -0.39 is 17.6 Å². The van der Waals surface area contributed by atoms with Crippen LogP contribution in [0, 0.1) is 22.5 Å². The summed E-state index contributed by atoms with van der Waals surface area (Å²) in [5.74, 6) is -3.50. The molecule has 27 heavy (non-hydrogen) atoms. The van der Waals surface area contributed by atoms with Crippen molar-refractivity contribution in [1.29, 1.82) is 10.8 Å². The van der Waals surface area contributed by atoms with Gasteiger partial charge in [-0.05, 0) is 25.8 Å². The molecule has 0 aliphatic rings. The highest BCUT2D eigenvalue weighted by Crippen LogP contribution is 2.33. The zero-order valence-electron chi connectivity index (χ0n) is 15.2. The molecule has 2 rings (SSSR count). The zero-order valence-corrected chi connectivity index (χ0v) is 15.2. The summed E-state index contributed by atoms with van der Waals surface area (Å²) in [6.07, 6.45) is 3.02. The quantitative estimate of drug-likeness (QED) is 0.475. The van der Waals surface area contributed by atoms with Crippen molar-refractivity contribution in [3.8, 4) is 0 Å². The van der Waals surface area contributed by atoms with Crippen LogP contribution in [0.1, 0.15) is 48.3 Å². The van der Waals surface area contributed by atoms with Gasteiger partial charge in [0, 0.05) is 30.0 Å². The fraction of sp³-hybridized carbons (Fsp3) is 0.211. The zero-order chi connectivity index (χ0) is 20.3. The van der Waals surface area contributed by atoms with Gasteiger partial charge in [-0.3, -0.25) is 20.6 Å². The van der Waals surface area contributed by atoms with E-state index in [-0.39, 0.29) is 39.6 Å². The van der Waals surface area contributed by atoms with Gasteiger partial charge in [0.25, 0.3) is 0 Å². The summed E-state index contributed by atoms with van der Waals surface area (Å²) < 4.78 is 30.5. The lowest BCUT2D eigenvalue weighted by Gasteiger charge is -2.18. The average molecular weight is 371 g/mol. The van der Waals surface area contributed by atoms with Gasteiger partial charge < -0.3 is 0 Å². The lowest BCUT2D eigenvalue weighted by Crippen LogP contribution is -2.33. The first-order valence-corrected chi connectivity index (χ1v) is 8.08. The Hall–Kier alpha value is -3.29. The van der Waals surface area contributed by atoms with Gasteiger partial charge in [-0.1, -0.05) is 19.1 Å². The molecule has 1 heterocycles. The number of nitrogens with one attached hydrogen (secondary N) is 2. The lowest BCUT2D eigenvalue weighted by molar-refractivity contribution is 0.101. The van der Waals surface area contributed by atoms with E-state index in [1.54, 1.807) is 13.0 Å². The lowest BCUT2D eigenvalue weighted by atomic mass is 9.95. The van der Waals surface area contributed by atoms with Crippen molar-refractivity contribution >= 4 is 30.1 Å². The molecule has 0 aliphatic carbocycles. The highest BCUT2D eigenvalue weighted by atomic mass is 19.1. The van der Waals surface area contributed by atoms with Gasteiger partial charge >= 0.3 is 0 Å². The van der Waals surface area contributed by atoms with E-state index in [0.717, 1.165) is 10.7 Å². The van der Waals surface area contributed by atoms with Crippen LogP contribution in [0.5, 0.6) is 0 Å². The number of hydrogen-bond donors (Lipinski definition) is 2. The summed E-state index contributed by atoms with van der Waals surface area (Å²) in [5.41, 5.74) is -0.371. The molecule has 0 fully saturated rings. The SMILES string of the molecule is C=Nc1cc(F)c(C(C)C(=N)n2nc(C(C)=O)ccc2=N)c(F)c1/C=C\C. The van der Waals surface area contributed by atoms with Crippen molar-refractivity contribution in [2.45, 2.75) is 26.7 Å². The Morgan fingerprint density at radius 2 is 2.07 bits per heavy atom. The fourth-order valence-corrected chi connectivity index (χ4v) is 2.61. The van der Waals surface area contributed by atoms with Crippen LogP contribution >= 0.6 is 0 Å². The van der Waals surface area contributed by atoms with Crippen molar-refractivity contribution in [2.24, 2.45) is 4.99 Å². The molecular formula is C19H19F2N5O. The predicted octanol–water partition coefficient (Wildman–Crippen LogP) is 3.84. The van der Waals surface area contributed by atoms with Crippen LogP contribution in [-0.4, -0.2) is 28.1 Å². The Labute approximate surface area is 154 Å². The third kappa shape index (κ3) is 3.79. The molecule has 2 N–H and O–H groups in total. The van der Waals surface area contributed by atoms with E-state index >= 15 is 0 Å². The maximum Gasteiger partial charge on any atom is 0.179 e. The first-order valence-electron chi connectivity index (χ1n) is 8.08. The summed E-state index contributed by atoms with van der Waals surface area (Å²) >= 11 is 0. The number of nitrogens with zero attached hydrogens (tertiary/aromatic N) is 3. The molecule has 1 aromatic heterocycles.